The highest BCUT2D eigenvalue weighted by atomic mass is 32.1. The Kier molecular flexibility index (Phi) is 7.50. The van der Waals surface area contributed by atoms with E-state index < -0.39 is 18.1 Å². The number of aromatic carboxylic acids is 1. The van der Waals surface area contributed by atoms with Gasteiger partial charge in [0.2, 0.25) is 0 Å². The molecule has 0 radical (unpaired) electrons. The molecule has 4 aromatic rings. The number of ether oxygens (including phenoxy) is 1. The third kappa shape index (κ3) is 4.90. The normalized spacial score (nSPS) is 17.7. The van der Waals surface area contributed by atoms with Crippen LogP contribution in [-0.4, -0.2) is 47.0 Å². The van der Waals surface area contributed by atoms with Crippen LogP contribution in [0.25, 0.3) is 22.3 Å². The van der Waals surface area contributed by atoms with Crippen LogP contribution in [0.2, 0.25) is 0 Å². The monoisotopic (exact) mass is 623 g/mol. The lowest BCUT2D eigenvalue weighted by molar-refractivity contribution is 0.0701. The minimum Gasteiger partial charge on any atom is -0.477 e. The molecule has 8 heteroatoms. The maximum absolute atomic E-state index is 13.9. The zero-order valence-corrected chi connectivity index (χ0v) is 26.4. The quantitative estimate of drug-likeness (QED) is 0.208. The topological polar surface area (TPSA) is 83.9 Å². The minimum absolute atomic E-state index is 0.0297. The Hall–Kier alpha value is -4.01. The maximum atomic E-state index is 13.9. The van der Waals surface area contributed by atoms with E-state index in [0.717, 1.165) is 57.7 Å². The van der Waals surface area contributed by atoms with E-state index in [-0.39, 0.29) is 18.3 Å². The van der Waals surface area contributed by atoms with Gasteiger partial charge in [-0.15, -0.1) is 22.7 Å². The molecule has 6 nitrogen and oxygen atoms in total. The van der Waals surface area contributed by atoms with Gasteiger partial charge in [-0.3, -0.25) is 9.69 Å². The molecule has 3 heterocycles. The van der Waals surface area contributed by atoms with Gasteiger partial charge in [-0.05, 0) is 103 Å². The number of carboxylic acid groups (broad SMARTS) is 1. The summed E-state index contributed by atoms with van der Waals surface area (Å²) in [5, 5.41) is 9.51. The minimum atomic E-state index is -0.901. The van der Waals surface area contributed by atoms with Crippen molar-refractivity contribution in [2.24, 2.45) is 0 Å². The van der Waals surface area contributed by atoms with Crippen molar-refractivity contribution >= 4 is 51.7 Å². The van der Waals surface area contributed by atoms with Crippen LogP contribution in [0, 0.1) is 13.8 Å². The number of nitrogens with zero attached hydrogens (tertiary/aromatic N) is 1. The van der Waals surface area contributed by atoms with Crippen molar-refractivity contribution in [2.75, 3.05) is 13.2 Å². The number of carbonyl (C=O) groups is 3. The molecule has 44 heavy (non-hydrogen) atoms. The van der Waals surface area contributed by atoms with Crippen LogP contribution in [0.5, 0.6) is 0 Å². The summed E-state index contributed by atoms with van der Waals surface area (Å²) in [5.74, 6) is -0.963. The summed E-state index contributed by atoms with van der Waals surface area (Å²) in [6, 6.07) is 19.8. The van der Waals surface area contributed by atoms with Gasteiger partial charge in [0, 0.05) is 22.2 Å². The summed E-state index contributed by atoms with van der Waals surface area (Å²) in [6.07, 6.45) is 3.74. The molecule has 1 N–H and O–H groups in total. The second-order valence-corrected chi connectivity index (χ2v) is 14.3. The van der Waals surface area contributed by atoms with Crippen LogP contribution in [0.3, 0.4) is 0 Å². The summed E-state index contributed by atoms with van der Waals surface area (Å²) >= 11 is 2.80. The second kappa shape index (κ2) is 11.5. The number of thiophene rings is 2. The molecule has 0 saturated carbocycles. The molecule has 0 bridgehead atoms. The van der Waals surface area contributed by atoms with E-state index in [1.807, 2.05) is 44.2 Å². The number of Topliss-reactive ketones (excluding diaryl/α,β-unsaturated/α-hetero) is 1. The number of carboxylic acids is 1. The maximum Gasteiger partial charge on any atom is 0.410 e. The van der Waals surface area contributed by atoms with Crippen molar-refractivity contribution < 1.29 is 24.2 Å². The Bertz CT molecular complexity index is 1800. The van der Waals surface area contributed by atoms with E-state index in [9.17, 15) is 19.5 Å². The number of allylic oxidation sites excluding steroid dienone is 2. The summed E-state index contributed by atoms with van der Waals surface area (Å²) in [6.45, 7) is 4.75. The molecule has 1 saturated heterocycles. The highest BCUT2D eigenvalue weighted by Crippen LogP contribution is 2.46. The van der Waals surface area contributed by atoms with Crippen molar-refractivity contribution in [3.63, 3.8) is 0 Å². The first-order valence-electron chi connectivity index (χ1n) is 15.1. The standard InChI is InChI=1S/C36H33NO5S2/c1-20-28(24-13-7-14-25(24)29-18-33(35(39)40)44-21(29)2)17-32(43-20)34(38)31-15-8-16-37(31)36(41)42-19-30-26-11-5-3-9-22(26)23-10-4-6-12-27(23)30/h3-6,9-12,17-18,30-31H,7-8,13-16,19H2,1-2H3,(H,39,40). The zero-order chi connectivity index (χ0) is 30.5. The fourth-order valence-corrected chi connectivity index (χ4v) is 9.15. The van der Waals surface area contributed by atoms with Gasteiger partial charge in [0.25, 0.3) is 0 Å². The zero-order valence-electron chi connectivity index (χ0n) is 24.7. The average Bonchev–Trinajstić information content (AvgIpc) is 3.85. The first-order valence-corrected chi connectivity index (χ1v) is 16.8. The molecule has 1 aliphatic heterocycles. The van der Waals surface area contributed by atoms with Gasteiger partial charge in [-0.25, -0.2) is 9.59 Å². The van der Waals surface area contributed by atoms with Gasteiger partial charge in [0.15, 0.2) is 5.78 Å². The number of ketones is 1. The van der Waals surface area contributed by atoms with E-state index >= 15 is 0 Å². The Morgan fingerprint density at radius 3 is 1.98 bits per heavy atom. The third-order valence-corrected chi connectivity index (χ3v) is 11.4. The van der Waals surface area contributed by atoms with Crippen LogP contribution in [0.1, 0.15) is 89.4 Å². The van der Waals surface area contributed by atoms with Crippen LogP contribution < -0.4 is 0 Å². The van der Waals surface area contributed by atoms with E-state index in [4.69, 9.17) is 4.74 Å². The molecular formula is C36H33NO5S2. The van der Waals surface area contributed by atoms with Gasteiger partial charge in [-0.2, -0.15) is 0 Å². The molecule has 7 rings (SSSR count). The number of amides is 1. The number of hydrogen-bond acceptors (Lipinski definition) is 6. The lowest BCUT2D eigenvalue weighted by atomic mass is 9.97. The third-order valence-electron chi connectivity index (χ3n) is 9.28. The Balaban J connectivity index is 1.09. The number of likely N-dealkylation sites (tertiary alicyclic amines) is 1. The molecule has 2 aliphatic carbocycles. The number of aryl methyl sites for hydroxylation is 2. The van der Waals surface area contributed by atoms with E-state index in [2.05, 4.69) is 24.3 Å². The second-order valence-electron chi connectivity index (χ2n) is 11.8. The molecule has 1 atom stereocenters. The Morgan fingerprint density at radius 1 is 0.818 bits per heavy atom. The van der Waals surface area contributed by atoms with Crippen molar-refractivity contribution in [3.8, 4) is 11.1 Å². The lowest BCUT2D eigenvalue weighted by Gasteiger charge is -2.24. The van der Waals surface area contributed by atoms with Crippen LogP contribution in [0.15, 0.2) is 60.7 Å². The predicted octanol–water partition coefficient (Wildman–Crippen LogP) is 8.82. The highest BCUT2D eigenvalue weighted by Gasteiger charge is 2.38. The molecule has 3 aliphatic rings. The molecule has 1 amide bonds. The Morgan fingerprint density at radius 2 is 1.39 bits per heavy atom. The largest absolute Gasteiger partial charge is 0.477 e. The number of carbonyl (C=O) groups excluding carboxylic acids is 2. The van der Waals surface area contributed by atoms with E-state index in [0.29, 0.717) is 22.7 Å². The van der Waals surface area contributed by atoms with Gasteiger partial charge >= 0.3 is 12.1 Å². The van der Waals surface area contributed by atoms with Crippen molar-refractivity contribution in [1.82, 2.24) is 4.90 Å². The van der Waals surface area contributed by atoms with Crippen LogP contribution in [-0.2, 0) is 4.74 Å². The highest BCUT2D eigenvalue weighted by molar-refractivity contribution is 7.14. The molecule has 0 spiro atoms. The van der Waals surface area contributed by atoms with Crippen molar-refractivity contribution in [3.05, 3.63) is 102 Å². The summed E-state index contributed by atoms with van der Waals surface area (Å²) < 4.78 is 5.93. The molecular weight excluding hydrogens is 591 g/mol. The molecule has 1 unspecified atom stereocenters. The summed E-state index contributed by atoms with van der Waals surface area (Å²) in [5.41, 5.74) is 9.15. The first-order chi connectivity index (χ1) is 21.3. The fraction of sp³-hybridized carbons (Fsp3) is 0.306. The molecule has 2 aromatic carbocycles. The molecule has 1 fully saturated rings. The number of rotatable bonds is 7. The summed E-state index contributed by atoms with van der Waals surface area (Å²) in [4.78, 5) is 43.6. The average molecular weight is 624 g/mol. The van der Waals surface area contributed by atoms with Crippen molar-refractivity contribution in [1.29, 1.82) is 0 Å². The molecule has 2 aromatic heterocycles. The Labute approximate surface area is 264 Å². The fourth-order valence-electron chi connectivity index (χ4n) is 7.23. The van der Waals surface area contributed by atoms with E-state index in [1.54, 1.807) is 11.0 Å². The SMILES string of the molecule is Cc1sc(C(=O)O)cc1C1=C(c2cc(C(=O)C3CCCN3C(=O)OCC3c4ccccc4-c4ccccc43)sc2C)CCC1. The van der Waals surface area contributed by atoms with Gasteiger partial charge < -0.3 is 9.84 Å². The number of hydrogen-bond donors (Lipinski definition) is 1. The van der Waals surface area contributed by atoms with Gasteiger partial charge in [0.05, 0.1) is 10.9 Å². The van der Waals surface area contributed by atoms with Crippen molar-refractivity contribution in [2.45, 2.75) is 57.9 Å². The van der Waals surface area contributed by atoms with Crippen LogP contribution >= 0.6 is 22.7 Å². The van der Waals surface area contributed by atoms with Crippen LogP contribution in [0.4, 0.5) is 4.79 Å². The predicted molar refractivity (Wildman–Crippen MR) is 175 cm³/mol. The number of fused-ring (bicyclic) bond motifs is 3. The van der Waals surface area contributed by atoms with Gasteiger partial charge in [0.1, 0.15) is 11.5 Å². The first kappa shape index (κ1) is 28.7. The molecule has 224 valence electrons. The van der Waals surface area contributed by atoms with Gasteiger partial charge in [-0.1, -0.05) is 48.5 Å². The van der Waals surface area contributed by atoms with E-state index in [1.165, 1.54) is 44.9 Å². The number of benzene rings is 2. The smallest absolute Gasteiger partial charge is 0.410 e. The summed E-state index contributed by atoms with van der Waals surface area (Å²) in [7, 11) is 0. The lowest BCUT2D eigenvalue weighted by Crippen LogP contribution is -2.41.